The topological polar surface area (TPSA) is 88.1 Å². The summed E-state index contributed by atoms with van der Waals surface area (Å²) >= 11 is 0. The number of hydrogen-bond donors (Lipinski definition) is 1. The van der Waals surface area contributed by atoms with E-state index in [0.717, 1.165) is 36.5 Å². The standard InChI is InChI=1S/C14H16N4O2/c15-13-5-1-11(2-6-13)12-3-7-14(8-4-12)18(16-9-19)17-10-20/h1-2,5-6,12,14H,3-4,7-8,15H2. The lowest BCUT2D eigenvalue weighted by Gasteiger charge is -2.31. The minimum absolute atomic E-state index is 0.0390. The average molecular weight is 272 g/mol. The molecule has 1 aliphatic carbocycles. The summed E-state index contributed by atoms with van der Waals surface area (Å²) in [7, 11) is 0. The Balaban J connectivity index is 1.99. The summed E-state index contributed by atoms with van der Waals surface area (Å²) in [5.74, 6) is 0.467. The van der Waals surface area contributed by atoms with Crippen molar-refractivity contribution in [1.29, 1.82) is 0 Å². The van der Waals surface area contributed by atoms with Crippen molar-refractivity contribution < 1.29 is 9.59 Å². The van der Waals surface area contributed by atoms with Gasteiger partial charge < -0.3 is 5.73 Å². The van der Waals surface area contributed by atoms with Gasteiger partial charge in [-0.1, -0.05) is 22.3 Å². The molecule has 2 N–H and O–H groups in total. The lowest BCUT2D eigenvalue weighted by atomic mass is 9.82. The maximum absolute atomic E-state index is 10.3. The van der Waals surface area contributed by atoms with Crippen LogP contribution in [0, 0.1) is 0 Å². The third kappa shape index (κ3) is 3.32. The fourth-order valence-electron chi connectivity index (χ4n) is 2.68. The van der Waals surface area contributed by atoms with Crippen molar-refractivity contribution in [2.75, 3.05) is 5.73 Å². The Morgan fingerprint density at radius 3 is 2.05 bits per heavy atom. The molecule has 1 aromatic rings. The summed E-state index contributed by atoms with van der Waals surface area (Å²) in [6.45, 7) is 0. The molecule has 0 spiro atoms. The predicted octanol–water partition coefficient (Wildman–Crippen LogP) is 2.10. The molecule has 1 saturated carbocycles. The average Bonchev–Trinajstić information content (AvgIpc) is 2.48. The van der Waals surface area contributed by atoms with E-state index < -0.39 is 0 Å². The molecule has 1 aliphatic rings. The second-order valence-electron chi connectivity index (χ2n) is 4.88. The van der Waals surface area contributed by atoms with E-state index >= 15 is 0 Å². The third-order valence-electron chi connectivity index (χ3n) is 3.72. The van der Waals surface area contributed by atoms with Crippen LogP contribution in [0.5, 0.6) is 0 Å². The molecule has 0 amide bonds. The maximum Gasteiger partial charge on any atom is 0.260 e. The van der Waals surface area contributed by atoms with E-state index in [-0.39, 0.29) is 6.04 Å². The Bertz CT molecular complexity index is 519. The molecule has 6 nitrogen and oxygen atoms in total. The minimum atomic E-state index is -0.0390. The fraction of sp³-hybridized carbons (Fsp3) is 0.429. The molecule has 0 aromatic heterocycles. The molecular weight excluding hydrogens is 256 g/mol. The first kappa shape index (κ1) is 14.0. The molecule has 0 radical (unpaired) electrons. The van der Waals surface area contributed by atoms with Crippen LogP contribution >= 0.6 is 0 Å². The highest BCUT2D eigenvalue weighted by atomic mass is 16.1. The van der Waals surface area contributed by atoms with E-state index in [0.29, 0.717) is 5.92 Å². The number of rotatable bonds is 4. The summed E-state index contributed by atoms with van der Waals surface area (Å²) in [6, 6.07) is 7.86. The van der Waals surface area contributed by atoms with Gasteiger partial charge in [0.1, 0.15) is 0 Å². The molecule has 2 rings (SSSR count). The fourth-order valence-corrected chi connectivity index (χ4v) is 2.68. The molecule has 0 unspecified atom stereocenters. The van der Waals surface area contributed by atoms with Gasteiger partial charge in [0.05, 0.1) is 6.04 Å². The lowest BCUT2D eigenvalue weighted by molar-refractivity contribution is 0.160. The summed E-state index contributed by atoms with van der Waals surface area (Å²) in [5.41, 5.74) is 7.70. The molecule has 20 heavy (non-hydrogen) atoms. The van der Waals surface area contributed by atoms with Crippen LogP contribution in [0.4, 0.5) is 5.69 Å². The maximum atomic E-state index is 10.3. The highest BCUT2D eigenvalue weighted by Gasteiger charge is 2.26. The van der Waals surface area contributed by atoms with Gasteiger partial charge in [-0.05, 0) is 49.3 Å². The molecule has 1 aromatic carbocycles. The predicted molar refractivity (Wildman–Crippen MR) is 73.9 cm³/mol. The number of carbonyl (C=O) groups excluding carboxylic acids is 2. The van der Waals surface area contributed by atoms with Gasteiger partial charge in [-0.2, -0.15) is 5.12 Å². The largest absolute Gasteiger partial charge is 0.399 e. The van der Waals surface area contributed by atoms with Crippen LogP contribution in [0.3, 0.4) is 0 Å². The van der Waals surface area contributed by atoms with Crippen molar-refractivity contribution in [2.45, 2.75) is 37.6 Å². The van der Waals surface area contributed by atoms with E-state index in [2.05, 4.69) is 10.2 Å². The third-order valence-corrected chi connectivity index (χ3v) is 3.72. The van der Waals surface area contributed by atoms with E-state index in [1.807, 2.05) is 24.3 Å². The molecule has 0 bridgehead atoms. The highest BCUT2D eigenvalue weighted by Crippen LogP contribution is 2.35. The minimum Gasteiger partial charge on any atom is -0.399 e. The Hall–Kier alpha value is -2.42. The van der Waals surface area contributed by atoms with Crippen LogP contribution in [0.25, 0.3) is 0 Å². The highest BCUT2D eigenvalue weighted by molar-refractivity contribution is 5.40. The first-order valence-electron chi connectivity index (χ1n) is 6.55. The number of hydrogen-bond acceptors (Lipinski definition) is 6. The molecule has 1 fully saturated rings. The lowest BCUT2D eigenvalue weighted by Crippen LogP contribution is -2.30. The smallest absolute Gasteiger partial charge is 0.260 e. The zero-order valence-corrected chi connectivity index (χ0v) is 11.0. The van der Waals surface area contributed by atoms with Gasteiger partial charge in [0.2, 0.25) is 0 Å². The SMILES string of the molecule is Nc1ccc(C2CCC(N(N=C=O)N=C=O)CC2)cc1. The first-order chi connectivity index (χ1) is 9.74. The zero-order chi connectivity index (χ0) is 14.4. The normalized spacial score (nSPS) is 21.4. The van der Waals surface area contributed by atoms with Crippen molar-refractivity contribution in [3.63, 3.8) is 0 Å². The van der Waals surface area contributed by atoms with Crippen molar-refractivity contribution in [1.82, 2.24) is 5.12 Å². The monoisotopic (exact) mass is 272 g/mol. The number of benzene rings is 1. The van der Waals surface area contributed by atoms with Crippen molar-refractivity contribution in [3.05, 3.63) is 29.8 Å². The van der Waals surface area contributed by atoms with Gasteiger partial charge in [0.15, 0.2) is 0 Å². The van der Waals surface area contributed by atoms with Crippen LogP contribution in [-0.4, -0.2) is 23.3 Å². The quantitative estimate of drug-likeness (QED) is 0.393. The van der Waals surface area contributed by atoms with Crippen LogP contribution in [0.1, 0.15) is 37.2 Å². The number of nitrogens with two attached hydrogens (primary N) is 1. The summed E-state index contributed by atoms with van der Waals surface area (Å²) in [6.07, 6.45) is 6.35. The molecule has 0 heterocycles. The van der Waals surface area contributed by atoms with Gasteiger partial charge in [-0.3, -0.25) is 0 Å². The van der Waals surface area contributed by atoms with Crippen LogP contribution in [0.2, 0.25) is 0 Å². The summed E-state index contributed by atoms with van der Waals surface area (Å²) < 4.78 is 0. The number of nitrogens with zero attached hydrogens (tertiary/aromatic N) is 3. The van der Waals surface area contributed by atoms with Crippen molar-refractivity contribution >= 4 is 17.8 Å². The zero-order valence-electron chi connectivity index (χ0n) is 11.0. The molecule has 0 saturated heterocycles. The second kappa shape index (κ2) is 6.66. The number of nitrogen functional groups attached to an aromatic ring is 1. The van der Waals surface area contributed by atoms with Crippen molar-refractivity contribution in [3.8, 4) is 0 Å². The van der Waals surface area contributed by atoms with Crippen LogP contribution < -0.4 is 5.73 Å². The van der Waals surface area contributed by atoms with Crippen LogP contribution in [-0.2, 0) is 9.59 Å². The number of isocyanates is 2. The summed E-state index contributed by atoms with van der Waals surface area (Å²) in [5, 5.41) is 7.98. The van der Waals surface area contributed by atoms with Gasteiger partial charge >= 0.3 is 0 Å². The van der Waals surface area contributed by atoms with Gasteiger partial charge in [0.25, 0.3) is 12.2 Å². The van der Waals surface area contributed by atoms with Crippen LogP contribution in [0.15, 0.2) is 34.5 Å². The van der Waals surface area contributed by atoms with Gasteiger partial charge in [-0.25, -0.2) is 9.59 Å². The Labute approximate surface area is 116 Å². The molecular formula is C14H16N4O2. The van der Waals surface area contributed by atoms with Crippen molar-refractivity contribution in [2.24, 2.45) is 10.2 Å². The number of hydrazone groups is 2. The van der Waals surface area contributed by atoms with E-state index in [4.69, 9.17) is 5.73 Å². The second-order valence-corrected chi connectivity index (χ2v) is 4.88. The number of anilines is 1. The Morgan fingerprint density at radius 1 is 1.00 bits per heavy atom. The van der Waals surface area contributed by atoms with Gasteiger partial charge in [0, 0.05) is 5.69 Å². The molecule has 104 valence electrons. The summed E-state index contributed by atoms with van der Waals surface area (Å²) in [4.78, 5) is 20.6. The Kier molecular flexibility index (Phi) is 4.66. The first-order valence-corrected chi connectivity index (χ1v) is 6.55. The molecule has 0 atom stereocenters. The molecule has 0 aliphatic heterocycles. The molecule has 6 heteroatoms. The van der Waals surface area contributed by atoms with E-state index in [1.165, 1.54) is 17.7 Å². The van der Waals surface area contributed by atoms with E-state index in [1.54, 1.807) is 0 Å². The van der Waals surface area contributed by atoms with E-state index in [9.17, 15) is 9.59 Å². The van der Waals surface area contributed by atoms with Gasteiger partial charge in [-0.15, -0.1) is 0 Å². The Morgan fingerprint density at radius 2 is 1.55 bits per heavy atom.